The van der Waals surface area contributed by atoms with Crippen LogP contribution in [0.1, 0.15) is 66.2 Å². The molecule has 0 spiro atoms. The van der Waals surface area contributed by atoms with Crippen LogP contribution in [-0.2, 0) is 19.2 Å². The third-order valence-electron chi connectivity index (χ3n) is 8.96. The van der Waals surface area contributed by atoms with Crippen LogP contribution < -0.4 is 10.6 Å². The van der Waals surface area contributed by atoms with Crippen molar-refractivity contribution >= 4 is 29.9 Å². The highest BCUT2D eigenvalue weighted by molar-refractivity contribution is 5.93. The zero-order valence-corrected chi connectivity index (χ0v) is 26.8. The summed E-state index contributed by atoms with van der Waals surface area (Å²) >= 11 is 0. The quantitative estimate of drug-likeness (QED) is 0.392. The molecule has 4 fully saturated rings. The third kappa shape index (κ3) is 9.10. The van der Waals surface area contributed by atoms with E-state index in [4.69, 9.17) is 5.26 Å². The van der Waals surface area contributed by atoms with Gasteiger partial charge >= 0.3 is 6.18 Å². The Morgan fingerprint density at radius 2 is 1.87 bits per heavy atom. The van der Waals surface area contributed by atoms with E-state index in [1.165, 1.54) is 30.0 Å². The Morgan fingerprint density at radius 3 is 2.39 bits per heavy atom. The number of aromatic nitrogens is 1. The van der Waals surface area contributed by atoms with E-state index >= 15 is 0 Å². The number of halogens is 3. The molecule has 11 nitrogen and oxygen atoms in total. The molecule has 2 saturated carbocycles. The second-order valence-electron chi connectivity index (χ2n) is 13.4. The summed E-state index contributed by atoms with van der Waals surface area (Å²) in [5, 5.41) is 23.1. The minimum absolute atomic E-state index is 0.0746. The molecule has 4 amide bonds. The molecule has 3 unspecified atom stereocenters. The summed E-state index contributed by atoms with van der Waals surface area (Å²) in [6.07, 6.45) is 0.876. The highest BCUT2D eigenvalue weighted by Gasteiger charge is 2.68. The largest absolute Gasteiger partial charge is 0.504 e. The topological polar surface area (TPSA) is 156 Å². The number of nitrogens with zero attached hydrogens (tertiary/aromatic N) is 4. The van der Waals surface area contributed by atoms with Crippen molar-refractivity contribution in [1.82, 2.24) is 20.1 Å². The summed E-state index contributed by atoms with van der Waals surface area (Å²) in [4.78, 5) is 53.6. The first-order valence-corrected chi connectivity index (χ1v) is 15.8. The first-order valence-electron chi connectivity index (χ1n) is 15.8. The number of aromatic hydroxyl groups is 1. The maximum atomic E-state index is 12.9. The smallest absolute Gasteiger partial charge is 0.403 e. The maximum absolute atomic E-state index is 12.9. The Labute approximate surface area is 267 Å². The van der Waals surface area contributed by atoms with Gasteiger partial charge in [0.25, 0.3) is 0 Å². The Kier molecular flexibility index (Phi) is 12.4. The van der Waals surface area contributed by atoms with Gasteiger partial charge in [0.15, 0.2) is 11.6 Å². The molecule has 0 bridgehead atoms. The number of rotatable bonds is 6. The van der Waals surface area contributed by atoms with Crippen LogP contribution in [0.2, 0.25) is 0 Å². The SMILES string of the molecule is CC(C)C.C[C@@H]1CCCC2CN(C(=O)CNC(=O)C3(C(F)(F)F)CC3)CC21.N#C[C@@H]1CC(C(=O)Nc2ncccc2O)CN1C=O. The predicted octanol–water partition coefficient (Wildman–Crippen LogP) is 4.10. The van der Waals surface area contributed by atoms with Crippen LogP contribution in [-0.4, -0.2) is 82.4 Å². The molecule has 2 aliphatic carbocycles. The fraction of sp³-hybridized carbons (Fsp3) is 0.688. The van der Waals surface area contributed by atoms with Crippen LogP contribution in [0, 0.1) is 46.3 Å². The van der Waals surface area contributed by atoms with Crippen LogP contribution in [0.4, 0.5) is 19.0 Å². The van der Waals surface area contributed by atoms with Gasteiger partial charge in [0.2, 0.25) is 24.1 Å². The number of likely N-dealkylation sites (tertiary alicyclic amines) is 2. The van der Waals surface area contributed by atoms with Crippen molar-refractivity contribution in [1.29, 1.82) is 5.26 Å². The minimum Gasteiger partial charge on any atom is -0.504 e. The lowest BCUT2D eigenvalue weighted by Gasteiger charge is -2.29. The Balaban J connectivity index is 0.000000228. The fourth-order valence-corrected chi connectivity index (χ4v) is 6.17. The molecule has 254 valence electrons. The zero-order valence-electron chi connectivity index (χ0n) is 26.8. The van der Waals surface area contributed by atoms with Crippen molar-refractivity contribution in [2.24, 2.45) is 35.0 Å². The molecule has 5 atom stereocenters. The fourth-order valence-electron chi connectivity index (χ4n) is 6.17. The maximum Gasteiger partial charge on any atom is 0.403 e. The Morgan fingerprint density at radius 1 is 1.20 bits per heavy atom. The molecule has 2 aliphatic heterocycles. The minimum atomic E-state index is -4.53. The number of carbonyl (C=O) groups is 4. The molecule has 4 aliphatic rings. The summed E-state index contributed by atoms with van der Waals surface area (Å²) < 4.78 is 38.6. The summed E-state index contributed by atoms with van der Waals surface area (Å²) in [7, 11) is 0. The van der Waals surface area contributed by atoms with E-state index in [2.05, 4.69) is 43.3 Å². The van der Waals surface area contributed by atoms with Crippen molar-refractivity contribution in [3.05, 3.63) is 18.3 Å². The number of carbonyl (C=O) groups excluding carboxylic acids is 4. The molecule has 14 heteroatoms. The number of hydrogen-bond donors (Lipinski definition) is 3. The molecule has 3 N–H and O–H groups in total. The van der Waals surface area contributed by atoms with Crippen molar-refractivity contribution in [3.63, 3.8) is 0 Å². The van der Waals surface area contributed by atoms with Crippen molar-refractivity contribution < 1.29 is 37.5 Å². The van der Waals surface area contributed by atoms with Gasteiger partial charge in [0, 0.05) is 25.8 Å². The number of nitriles is 1. The second-order valence-corrected chi connectivity index (χ2v) is 13.4. The van der Waals surface area contributed by atoms with E-state index in [0.717, 1.165) is 12.3 Å². The van der Waals surface area contributed by atoms with Gasteiger partial charge < -0.3 is 25.5 Å². The normalized spacial score (nSPS) is 25.9. The van der Waals surface area contributed by atoms with Crippen molar-refractivity contribution in [3.8, 4) is 11.8 Å². The summed E-state index contributed by atoms with van der Waals surface area (Å²) in [6.45, 7) is 9.91. The second kappa shape index (κ2) is 15.6. The molecular formula is C32H45F3N6O5. The molecule has 46 heavy (non-hydrogen) atoms. The summed E-state index contributed by atoms with van der Waals surface area (Å²) in [6, 6.07) is 4.35. The monoisotopic (exact) mass is 650 g/mol. The number of alkyl halides is 3. The van der Waals surface area contributed by atoms with Gasteiger partial charge in [-0.15, -0.1) is 0 Å². The molecular weight excluding hydrogens is 605 g/mol. The van der Waals surface area contributed by atoms with Gasteiger partial charge in [0.1, 0.15) is 11.5 Å². The van der Waals surface area contributed by atoms with E-state index in [0.29, 0.717) is 37.3 Å². The lowest BCUT2D eigenvalue weighted by atomic mass is 9.75. The van der Waals surface area contributed by atoms with Crippen LogP contribution in [0.15, 0.2) is 18.3 Å². The molecule has 0 radical (unpaired) electrons. The molecule has 1 aromatic rings. The van der Waals surface area contributed by atoms with Gasteiger partial charge in [-0.3, -0.25) is 19.2 Å². The first kappa shape index (κ1) is 36.6. The lowest BCUT2D eigenvalue weighted by molar-refractivity contribution is -0.192. The van der Waals surface area contributed by atoms with Crippen molar-refractivity contribution in [2.45, 2.75) is 78.4 Å². The van der Waals surface area contributed by atoms with E-state index in [9.17, 15) is 37.5 Å². The first-order chi connectivity index (χ1) is 21.6. The number of amides is 4. The molecule has 3 heterocycles. The summed E-state index contributed by atoms with van der Waals surface area (Å²) in [5.41, 5.74) is -2.25. The molecule has 5 rings (SSSR count). The van der Waals surface area contributed by atoms with E-state index < -0.39 is 29.5 Å². The van der Waals surface area contributed by atoms with Crippen LogP contribution in [0.3, 0.4) is 0 Å². The number of hydrogen-bond acceptors (Lipinski definition) is 7. The van der Waals surface area contributed by atoms with Crippen molar-refractivity contribution in [2.75, 3.05) is 31.5 Å². The zero-order chi connectivity index (χ0) is 34.2. The average molecular weight is 651 g/mol. The van der Waals surface area contributed by atoms with E-state index in [-0.39, 0.29) is 55.7 Å². The number of fused-ring (bicyclic) bond motifs is 1. The predicted molar refractivity (Wildman–Crippen MR) is 163 cm³/mol. The molecule has 0 aromatic carbocycles. The standard InChI is InChI=1S/C16H23F3N2O2.C12H12N4O3.C4H10/c1-10-3-2-4-11-8-21(9-12(10)11)13(22)7-20-14(23)15(5-6-15)16(17,18)19;13-5-9-4-8(6-16(9)7-17)12(19)15-11-10(18)2-1-3-14-11;1-4(2)3/h10-12H,2-9H2,1H3,(H,20,23);1-3,7-9,18H,4,6H2,(H,14,15,19);4H,1-3H3/t10-,11?,12?;8?,9-;/m10./s1. The lowest BCUT2D eigenvalue weighted by Crippen LogP contribution is -2.45. The highest BCUT2D eigenvalue weighted by atomic mass is 19.4. The Hall–Kier alpha value is -3.89. The van der Waals surface area contributed by atoms with Crippen LogP contribution in [0.25, 0.3) is 0 Å². The van der Waals surface area contributed by atoms with Crippen LogP contribution >= 0.6 is 0 Å². The summed E-state index contributed by atoms with van der Waals surface area (Å²) in [5.74, 6) is 0.206. The highest BCUT2D eigenvalue weighted by Crippen LogP contribution is 2.57. The van der Waals surface area contributed by atoms with Gasteiger partial charge in [0.05, 0.1) is 18.5 Å². The molecule has 2 saturated heterocycles. The van der Waals surface area contributed by atoms with Gasteiger partial charge in [-0.05, 0) is 61.5 Å². The van der Waals surface area contributed by atoms with Gasteiger partial charge in [-0.25, -0.2) is 4.98 Å². The number of nitrogens with one attached hydrogen (secondary N) is 2. The average Bonchev–Trinajstić information content (AvgIpc) is 3.54. The molecule has 1 aromatic heterocycles. The van der Waals surface area contributed by atoms with E-state index in [1.807, 2.05) is 6.07 Å². The number of pyridine rings is 1. The van der Waals surface area contributed by atoms with Gasteiger partial charge in [-0.1, -0.05) is 40.5 Å². The Bertz CT molecular complexity index is 1280. The third-order valence-corrected chi connectivity index (χ3v) is 8.96. The van der Waals surface area contributed by atoms with Gasteiger partial charge in [-0.2, -0.15) is 18.4 Å². The number of anilines is 1. The van der Waals surface area contributed by atoms with E-state index in [1.54, 1.807) is 11.0 Å². The van der Waals surface area contributed by atoms with Crippen LogP contribution in [0.5, 0.6) is 5.75 Å².